The molecular formula is C66H41N3OS. The van der Waals surface area contributed by atoms with Crippen LogP contribution in [0.5, 0.6) is 11.5 Å². The van der Waals surface area contributed by atoms with Gasteiger partial charge in [0.1, 0.15) is 11.5 Å². The van der Waals surface area contributed by atoms with Crippen LogP contribution in [0.25, 0.3) is 125 Å². The minimum Gasteiger partial charge on any atom is -0.457 e. The van der Waals surface area contributed by atoms with Gasteiger partial charge >= 0.3 is 0 Å². The number of para-hydroxylation sites is 4. The fourth-order valence-electron chi connectivity index (χ4n) is 11.2. The Morgan fingerprint density at radius 1 is 0.239 bits per heavy atom. The summed E-state index contributed by atoms with van der Waals surface area (Å²) in [7, 11) is 0. The van der Waals surface area contributed by atoms with Gasteiger partial charge in [-0.15, -0.1) is 11.3 Å². The van der Waals surface area contributed by atoms with Crippen LogP contribution in [-0.4, -0.2) is 13.7 Å². The Hall–Kier alpha value is -9.16. The van der Waals surface area contributed by atoms with Gasteiger partial charge in [-0.25, -0.2) is 0 Å². The second kappa shape index (κ2) is 15.7. The Morgan fingerprint density at radius 3 is 1.10 bits per heavy atom. The van der Waals surface area contributed by atoms with E-state index in [4.69, 9.17) is 4.74 Å². The van der Waals surface area contributed by atoms with Gasteiger partial charge in [-0.05, 0) is 156 Å². The number of nitrogens with zero attached hydrogens (tertiary/aromatic N) is 3. The largest absolute Gasteiger partial charge is 0.457 e. The summed E-state index contributed by atoms with van der Waals surface area (Å²) < 4.78 is 16.2. The molecule has 332 valence electrons. The lowest BCUT2D eigenvalue weighted by Crippen LogP contribution is -1.94. The predicted molar refractivity (Wildman–Crippen MR) is 300 cm³/mol. The summed E-state index contributed by atoms with van der Waals surface area (Å²) in [5.74, 6) is 1.63. The van der Waals surface area contributed by atoms with Gasteiger partial charge in [-0.3, -0.25) is 0 Å². The van der Waals surface area contributed by atoms with Crippen molar-refractivity contribution in [3.63, 3.8) is 0 Å². The predicted octanol–water partition coefficient (Wildman–Crippen LogP) is 18.5. The van der Waals surface area contributed by atoms with E-state index in [-0.39, 0.29) is 0 Å². The lowest BCUT2D eigenvalue weighted by molar-refractivity contribution is 0.483. The topological polar surface area (TPSA) is 24.0 Å². The highest BCUT2D eigenvalue weighted by Crippen LogP contribution is 2.42. The highest BCUT2D eigenvalue weighted by molar-refractivity contribution is 7.25. The first-order chi connectivity index (χ1) is 35.2. The Kier molecular flexibility index (Phi) is 8.79. The van der Waals surface area contributed by atoms with Gasteiger partial charge in [0.2, 0.25) is 0 Å². The fourth-order valence-corrected chi connectivity index (χ4v) is 12.4. The number of rotatable bonds is 7. The zero-order valence-electron chi connectivity index (χ0n) is 38.3. The summed E-state index contributed by atoms with van der Waals surface area (Å²) in [6.45, 7) is 0. The summed E-state index contributed by atoms with van der Waals surface area (Å²) >= 11 is 1.80. The first-order valence-corrected chi connectivity index (χ1v) is 25.0. The molecule has 0 aliphatic heterocycles. The number of ether oxygens (including phenoxy) is 1. The zero-order valence-corrected chi connectivity index (χ0v) is 39.1. The van der Waals surface area contributed by atoms with Gasteiger partial charge in [0.25, 0.3) is 0 Å². The maximum absolute atomic E-state index is 6.52. The average Bonchev–Trinajstić information content (AvgIpc) is 4.17. The Labute approximate surface area is 412 Å². The van der Waals surface area contributed by atoms with Crippen molar-refractivity contribution in [3.05, 3.63) is 249 Å². The molecule has 0 radical (unpaired) electrons. The second-order valence-corrected chi connectivity index (χ2v) is 19.6. The highest BCUT2D eigenvalue weighted by Gasteiger charge is 2.19. The SMILES string of the molecule is c1ccc(-n2c3ccccc3c3cc(-c4ccc5c(c4)c4cc(-c6ccc7c(c6)c6ccccc6n7-c6ccccc6)ccc4n5-c4ccc(Oc5ccc6c(c5)sc5ccccc56)cc4)ccc32)cc1. The molecule has 0 bridgehead atoms. The van der Waals surface area contributed by atoms with E-state index >= 15 is 0 Å². The van der Waals surface area contributed by atoms with Gasteiger partial charge in [0.15, 0.2) is 0 Å². The normalized spacial score (nSPS) is 11.9. The van der Waals surface area contributed by atoms with Crippen LogP contribution < -0.4 is 4.74 Å². The first kappa shape index (κ1) is 39.8. The van der Waals surface area contributed by atoms with Crippen molar-refractivity contribution < 1.29 is 4.74 Å². The minimum atomic E-state index is 0.799. The summed E-state index contributed by atoms with van der Waals surface area (Å²) in [6.07, 6.45) is 0. The van der Waals surface area contributed by atoms with E-state index in [0.29, 0.717) is 0 Å². The highest BCUT2D eigenvalue weighted by atomic mass is 32.1. The van der Waals surface area contributed by atoms with E-state index in [1.54, 1.807) is 11.3 Å². The Balaban J connectivity index is 0.874. The van der Waals surface area contributed by atoms with E-state index in [9.17, 15) is 0 Å². The van der Waals surface area contributed by atoms with Gasteiger partial charge in [-0.1, -0.05) is 115 Å². The number of aromatic nitrogens is 3. The van der Waals surface area contributed by atoms with Crippen molar-refractivity contribution in [2.45, 2.75) is 0 Å². The van der Waals surface area contributed by atoms with E-state index < -0.39 is 0 Å². The molecule has 0 fully saturated rings. The lowest BCUT2D eigenvalue weighted by atomic mass is 9.98. The van der Waals surface area contributed by atoms with Crippen LogP contribution >= 0.6 is 11.3 Å². The molecule has 0 aliphatic rings. The monoisotopic (exact) mass is 923 g/mol. The summed E-state index contributed by atoms with van der Waals surface area (Å²) in [4.78, 5) is 0. The van der Waals surface area contributed by atoms with Crippen LogP contribution in [0.4, 0.5) is 0 Å². The van der Waals surface area contributed by atoms with Crippen LogP contribution in [0, 0.1) is 0 Å². The van der Waals surface area contributed by atoms with Crippen molar-refractivity contribution in [3.8, 4) is 50.8 Å². The van der Waals surface area contributed by atoms with Crippen molar-refractivity contribution in [2.75, 3.05) is 0 Å². The molecular weight excluding hydrogens is 883 g/mol. The quantitative estimate of drug-likeness (QED) is 0.156. The Bertz CT molecular complexity index is 4380. The molecule has 0 unspecified atom stereocenters. The van der Waals surface area contributed by atoms with Crippen molar-refractivity contribution in [2.24, 2.45) is 0 Å². The van der Waals surface area contributed by atoms with Crippen LogP contribution in [0.15, 0.2) is 249 Å². The lowest BCUT2D eigenvalue weighted by Gasteiger charge is -2.11. The molecule has 0 N–H and O–H groups in total. The number of fused-ring (bicyclic) bond motifs is 12. The molecule has 4 heterocycles. The maximum Gasteiger partial charge on any atom is 0.128 e. The number of hydrogen-bond acceptors (Lipinski definition) is 2. The van der Waals surface area contributed by atoms with Crippen LogP contribution in [0.3, 0.4) is 0 Å². The molecule has 15 rings (SSSR count). The van der Waals surface area contributed by atoms with Gasteiger partial charge in [0.05, 0.1) is 33.1 Å². The van der Waals surface area contributed by atoms with E-state index in [2.05, 4.69) is 262 Å². The van der Waals surface area contributed by atoms with Crippen molar-refractivity contribution in [1.29, 1.82) is 0 Å². The smallest absolute Gasteiger partial charge is 0.128 e. The average molecular weight is 924 g/mol. The summed E-state index contributed by atoms with van der Waals surface area (Å²) in [6, 6.07) is 90.3. The molecule has 11 aromatic carbocycles. The van der Waals surface area contributed by atoms with Gasteiger partial charge in [0, 0.05) is 69.6 Å². The molecule has 71 heavy (non-hydrogen) atoms. The summed E-state index contributed by atoms with van der Waals surface area (Å²) in [5, 5.41) is 9.91. The first-order valence-electron chi connectivity index (χ1n) is 24.1. The molecule has 5 heteroatoms. The molecule has 0 spiro atoms. The molecule has 0 saturated heterocycles. The van der Waals surface area contributed by atoms with E-state index in [1.165, 1.54) is 96.8 Å². The Morgan fingerprint density at radius 2 is 0.606 bits per heavy atom. The third kappa shape index (κ3) is 6.30. The summed E-state index contributed by atoms with van der Waals surface area (Å²) in [5.41, 5.74) is 15.2. The van der Waals surface area contributed by atoms with E-state index in [1.807, 2.05) is 0 Å². The van der Waals surface area contributed by atoms with Crippen LogP contribution in [0.2, 0.25) is 0 Å². The fraction of sp³-hybridized carbons (Fsp3) is 0. The molecule has 0 aliphatic carbocycles. The number of benzene rings is 11. The maximum atomic E-state index is 6.52. The van der Waals surface area contributed by atoms with Gasteiger partial charge in [-0.2, -0.15) is 0 Å². The second-order valence-electron chi connectivity index (χ2n) is 18.5. The van der Waals surface area contributed by atoms with E-state index in [0.717, 1.165) is 39.6 Å². The molecule has 4 aromatic heterocycles. The van der Waals surface area contributed by atoms with Gasteiger partial charge < -0.3 is 18.4 Å². The molecule has 0 saturated carbocycles. The third-order valence-electron chi connectivity index (χ3n) is 14.5. The molecule has 0 amide bonds. The third-order valence-corrected chi connectivity index (χ3v) is 15.6. The molecule has 0 atom stereocenters. The molecule has 15 aromatic rings. The molecule has 4 nitrogen and oxygen atoms in total. The zero-order chi connectivity index (χ0) is 46.6. The minimum absolute atomic E-state index is 0.799. The number of thiophene rings is 1. The van der Waals surface area contributed by atoms with Crippen molar-refractivity contribution >= 4 is 96.9 Å². The standard InChI is InChI=1S/C66H41N3OS/c1-3-13-46(14-4-1)67-59-20-10-7-17-51(59)55-37-42(23-33-61(55)67)44-25-35-63-57(39-44)58-40-45(43-24-34-62-56(38-43)52-18-8-11-21-60(52)68(62)47-15-5-2-6-16-47)26-36-64(58)69(63)48-27-29-49(30-28-48)70-50-31-32-54-53-19-9-12-22-65(53)71-66(54)41-50/h1-41H. The van der Waals surface area contributed by atoms with Crippen LogP contribution in [-0.2, 0) is 0 Å². The number of hydrogen-bond donors (Lipinski definition) is 0. The van der Waals surface area contributed by atoms with Crippen LogP contribution in [0.1, 0.15) is 0 Å². The van der Waals surface area contributed by atoms with Crippen molar-refractivity contribution in [1.82, 2.24) is 13.7 Å².